The summed E-state index contributed by atoms with van der Waals surface area (Å²) >= 11 is 0. The number of hydrogen-bond acceptors (Lipinski definition) is 4. The monoisotopic (exact) mass is 376 g/mol. The zero-order valence-electron chi connectivity index (χ0n) is 17.1. The normalized spacial score (nSPS) is 21.5. The Bertz CT molecular complexity index is 839. The van der Waals surface area contributed by atoms with E-state index in [1.807, 2.05) is 12.1 Å². The second-order valence-corrected chi connectivity index (χ2v) is 8.20. The van der Waals surface area contributed by atoms with Crippen LogP contribution in [-0.2, 0) is 9.47 Å². The summed E-state index contributed by atoms with van der Waals surface area (Å²) in [5.41, 5.74) is 4.25. The Morgan fingerprint density at radius 1 is 0.643 bits per heavy atom. The molecular weight excluding hydrogens is 348 g/mol. The molecule has 0 spiro atoms. The molecule has 0 aromatic heterocycles. The van der Waals surface area contributed by atoms with Crippen molar-refractivity contribution in [2.75, 3.05) is 13.2 Å². The average Bonchev–Trinajstić information content (AvgIpc) is 3.38. The van der Waals surface area contributed by atoms with Gasteiger partial charge in [0.15, 0.2) is 0 Å². The van der Waals surface area contributed by atoms with Gasteiger partial charge in [-0.05, 0) is 35.1 Å². The highest BCUT2D eigenvalue weighted by Gasteiger charge is 2.27. The zero-order chi connectivity index (χ0) is 19.7. The van der Waals surface area contributed by atoms with Gasteiger partial charge in [-0.1, -0.05) is 64.1 Å². The largest absolute Gasteiger partial charge is 0.475 e. The van der Waals surface area contributed by atoms with Gasteiger partial charge in [0.25, 0.3) is 0 Å². The third kappa shape index (κ3) is 3.56. The van der Waals surface area contributed by atoms with E-state index in [1.165, 1.54) is 0 Å². The number of hydrogen-bond donors (Lipinski definition) is 0. The third-order valence-electron chi connectivity index (χ3n) is 5.49. The van der Waals surface area contributed by atoms with Crippen molar-refractivity contribution in [3.8, 4) is 11.1 Å². The minimum absolute atomic E-state index is 0.215. The fourth-order valence-corrected chi connectivity index (χ4v) is 3.57. The van der Waals surface area contributed by atoms with Gasteiger partial charge in [-0.15, -0.1) is 0 Å². The molecule has 0 aliphatic carbocycles. The van der Waals surface area contributed by atoms with E-state index < -0.39 is 0 Å². The lowest BCUT2D eigenvalue weighted by molar-refractivity contribution is 0.291. The Morgan fingerprint density at radius 3 is 1.32 bits per heavy atom. The van der Waals surface area contributed by atoms with Crippen molar-refractivity contribution >= 4 is 11.8 Å². The fourth-order valence-electron chi connectivity index (χ4n) is 3.57. The summed E-state index contributed by atoms with van der Waals surface area (Å²) in [6.45, 7) is 10.0. The number of benzene rings is 2. The summed E-state index contributed by atoms with van der Waals surface area (Å²) in [6.07, 6.45) is 0. The lowest BCUT2D eigenvalue weighted by Gasteiger charge is -2.13. The molecule has 0 unspecified atom stereocenters. The van der Waals surface area contributed by atoms with Crippen molar-refractivity contribution in [3.63, 3.8) is 0 Å². The van der Waals surface area contributed by atoms with Crippen LogP contribution in [0, 0.1) is 11.8 Å². The molecule has 0 fully saturated rings. The molecule has 0 radical (unpaired) electrons. The van der Waals surface area contributed by atoms with Crippen molar-refractivity contribution in [3.05, 3.63) is 59.7 Å². The molecule has 0 N–H and O–H groups in total. The van der Waals surface area contributed by atoms with Gasteiger partial charge in [0.2, 0.25) is 11.8 Å². The topological polar surface area (TPSA) is 43.2 Å². The molecule has 2 aromatic rings. The van der Waals surface area contributed by atoms with Gasteiger partial charge >= 0.3 is 0 Å². The van der Waals surface area contributed by atoms with E-state index >= 15 is 0 Å². The molecular formula is C24H28N2O2. The minimum Gasteiger partial charge on any atom is -0.475 e. The highest BCUT2D eigenvalue weighted by molar-refractivity contribution is 6.07. The van der Waals surface area contributed by atoms with Crippen LogP contribution in [-0.4, -0.2) is 37.1 Å². The van der Waals surface area contributed by atoms with Crippen molar-refractivity contribution < 1.29 is 9.47 Å². The fraction of sp³-hybridized carbons (Fsp3) is 0.417. The Hall–Kier alpha value is -2.62. The second-order valence-electron chi connectivity index (χ2n) is 8.20. The maximum absolute atomic E-state index is 5.98. The lowest BCUT2D eigenvalue weighted by atomic mass is 9.95. The summed E-state index contributed by atoms with van der Waals surface area (Å²) in [6, 6.07) is 17.0. The van der Waals surface area contributed by atoms with Crippen molar-refractivity contribution in [1.29, 1.82) is 0 Å². The van der Waals surface area contributed by atoms with Gasteiger partial charge in [-0.25, -0.2) is 9.98 Å². The summed E-state index contributed by atoms with van der Waals surface area (Å²) < 4.78 is 12.0. The van der Waals surface area contributed by atoms with Crippen LogP contribution < -0.4 is 0 Å². The highest BCUT2D eigenvalue weighted by atomic mass is 16.5. The Balaban J connectivity index is 1.76. The van der Waals surface area contributed by atoms with E-state index in [0.717, 1.165) is 34.0 Å². The minimum atomic E-state index is 0.215. The van der Waals surface area contributed by atoms with Gasteiger partial charge in [0.1, 0.15) is 13.2 Å². The van der Waals surface area contributed by atoms with Gasteiger partial charge in [-0.2, -0.15) is 0 Å². The average molecular weight is 377 g/mol. The maximum atomic E-state index is 5.98. The molecule has 0 saturated heterocycles. The highest BCUT2D eigenvalue weighted by Crippen LogP contribution is 2.31. The molecule has 0 bridgehead atoms. The molecule has 28 heavy (non-hydrogen) atoms. The molecule has 2 atom stereocenters. The predicted molar refractivity (Wildman–Crippen MR) is 114 cm³/mol. The van der Waals surface area contributed by atoms with Gasteiger partial charge < -0.3 is 9.47 Å². The van der Waals surface area contributed by atoms with E-state index in [0.29, 0.717) is 25.0 Å². The molecule has 0 amide bonds. The van der Waals surface area contributed by atoms with Crippen molar-refractivity contribution in [1.82, 2.24) is 0 Å². The van der Waals surface area contributed by atoms with Crippen LogP contribution in [0.1, 0.15) is 38.8 Å². The van der Waals surface area contributed by atoms with E-state index in [1.54, 1.807) is 0 Å². The summed E-state index contributed by atoms with van der Waals surface area (Å²) in [5.74, 6) is 2.40. The van der Waals surface area contributed by atoms with Crippen LogP contribution >= 0.6 is 0 Å². The van der Waals surface area contributed by atoms with Crippen LogP contribution in [0.3, 0.4) is 0 Å². The first-order chi connectivity index (χ1) is 13.5. The predicted octanol–water partition coefficient (Wildman–Crippen LogP) is 4.96. The molecule has 4 rings (SSSR count). The third-order valence-corrected chi connectivity index (χ3v) is 5.49. The first-order valence-corrected chi connectivity index (χ1v) is 10.1. The number of rotatable bonds is 5. The Morgan fingerprint density at radius 2 is 1.00 bits per heavy atom. The van der Waals surface area contributed by atoms with Crippen LogP contribution in [0.2, 0.25) is 0 Å². The molecule has 146 valence electrons. The SMILES string of the molecule is CC(C)[C@@H]1COC(c2ccccc2-c2ccccc2C2=N[C@@H](C(C)C)CO2)=N1. The van der Waals surface area contributed by atoms with E-state index in [-0.39, 0.29) is 12.1 Å². The summed E-state index contributed by atoms with van der Waals surface area (Å²) in [5, 5.41) is 0. The number of ether oxygens (including phenoxy) is 2. The molecule has 2 heterocycles. The number of nitrogens with zero attached hydrogens (tertiary/aromatic N) is 2. The first-order valence-electron chi connectivity index (χ1n) is 10.1. The zero-order valence-corrected chi connectivity index (χ0v) is 17.1. The standard InChI is InChI=1S/C24H28N2O2/c1-15(2)21-13-27-23(25-21)19-11-7-5-9-17(19)18-10-6-8-12-20(18)24-26-22(14-28-24)16(3)4/h5-12,15-16,21-22H,13-14H2,1-4H3/t21-,22+. The second kappa shape index (κ2) is 7.78. The Labute approximate surface area is 167 Å². The van der Waals surface area contributed by atoms with Crippen molar-refractivity contribution in [2.45, 2.75) is 39.8 Å². The molecule has 2 aliphatic rings. The van der Waals surface area contributed by atoms with Crippen molar-refractivity contribution in [2.24, 2.45) is 21.8 Å². The molecule has 4 nitrogen and oxygen atoms in total. The van der Waals surface area contributed by atoms with Crippen LogP contribution in [0.25, 0.3) is 11.1 Å². The van der Waals surface area contributed by atoms with E-state index in [2.05, 4.69) is 64.1 Å². The maximum Gasteiger partial charge on any atom is 0.217 e. The molecule has 2 aromatic carbocycles. The van der Waals surface area contributed by atoms with E-state index in [9.17, 15) is 0 Å². The van der Waals surface area contributed by atoms with Crippen LogP contribution in [0.15, 0.2) is 58.5 Å². The van der Waals surface area contributed by atoms with E-state index in [4.69, 9.17) is 19.5 Å². The molecule has 2 aliphatic heterocycles. The quantitative estimate of drug-likeness (QED) is 0.740. The summed E-state index contributed by atoms with van der Waals surface area (Å²) in [7, 11) is 0. The summed E-state index contributed by atoms with van der Waals surface area (Å²) in [4.78, 5) is 9.68. The van der Waals surface area contributed by atoms with Crippen LogP contribution in [0.4, 0.5) is 0 Å². The Kier molecular flexibility index (Phi) is 5.21. The molecule has 0 saturated carbocycles. The van der Waals surface area contributed by atoms with Gasteiger partial charge in [0, 0.05) is 11.1 Å². The molecule has 4 heteroatoms. The van der Waals surface area contributed by atoms with Gasteiger partial charge in [-0.3, -0.25) is 0 Å². The van der Waals surface area contributed by atoms with Gasteiger partial charge in [0.05, 0.1) is 12.1 Å². The lowest BCUT2D eigenvalue weighted by Crippen LogP contribution is -2.13. The smallest absolute Gasteiger partial charge is 0.217 e. The number of aliphatic imine (C=N–C) groups is 2. The van der Waals surface area contributed by atoms with Crippen LogP contribution in [0.5, 0.6) is 0 Å². The first kappa shape index (κ1) is 18.7.